The molecule has 0 aromatic heterocycles. The number of hydrogen-bond acceptors (Lipinski definition) is 7. The number of piperazine rings is 1. The van der Waals surface area contributed by atoms with Crippen LogP contribution in [-0.2, 0) is 14.4 Å². The lowest BCUT2D eigenvalue weighted by molar-refractivity contribution is -0.156. The Hall–Kier alpha value is -3.56. The van der Waals surface area contributed by atoms with Crippen LogP contribution in [0.25, 0.3) is 0 Å². The Morgan fingerprint density at radius 2 is 1.49 bits per heavy atom. The number of piperidine rings is 1. The average Bonchev–Trinajstić information content (AvgIpc) is 3.44. The van der Waals surface area contributed by atoms with Crippen molar-refractivity contribution in [1.82, 2.24) is 14.7 Å². The minimum absolute atomic E-state index is 0. The zero-order valence-electron chi connectivity index (χ0n) is 20.8. The molecule has 3 fully saturated rings. The summed E-state index contributed by atoms with van der Waals surface area (Å²) in [5, 5.41) is 0. The van der Waals surface area contributed by atoms with Crippen LogP contribution in [0.5, 0.6) is 17.2 Å². The predicted molar refractivity (Wildman–Crippen MR) is 134 cm³/mol. The number of carbonyl (C=O) groups is 4. The van der Waals surface area contributed by atoms with E-state index in [2.05, 4.69) is 0 Å². The van der Waals surface area contributed by atoms with E-state index in [1.54, 1.807) is 11.1 Å². The molecule has 2 unspecified atom stereocenters. The molecule has 5 rings (SSSR count). The van der Waals surface area contributed by atoms with E-state index in [4.69, 9.17) is 14.2 Å². The van der Waals surface area contributed by atoms with E-state index in [9.17, 15) is 19.2 Å². The highest BCUT2D eigenvalue weighted by Crippen LogP contribution is 2.41. The second-order valence-electron chi connectivity index (χ2n) is 9.64. The van der Waals surface area contributed by atoms with Crippen LogP contribution < -0.4 is 14.2 Å². The third-order valence-corrected chi connectivity index (χ3v) is 7.76. The molecule has 3 amide bonds. The minimum atomic E-state index is -0.773. The summed E-state index contributed by atoms with van der Waals surface area (Å²) < 4.78 is 16.0. The summed E-state index contributed by atoms with van der Waals surface area (Å²) in [6.07, 6.45) is 7.58. The maximum atomic E-state index is 13.7. The molecule has 0 spiro atoms. The topological polar surface area (TPSA) is 106 Å². The first-order valence-electron chi connectivity index (χ1n) is 12.4. The molecule has 3 heterocycles. The van der Waals surface area contributed by atoms with Gasteiger partial charge >= 0.3 is 0 Å². The van der Waals surface area contributed by atoms with Crippen molar-refractivity contribution in [2.75, 3.05) is 27.9 Å². The van der Waals surface area contributed by atoms with Crippen molar-refractivity contribution in [2.45, 2.75) is 70.5 Å². The van der Waals surface area contributed by atoms with E-state index >= 15 is 0 Å². The van der Waals surface area contributed by atoms with Gasteiger partial charge in [-0.3, -0.25) is 19.2 Å². The standard InChI is InChI=1S/C26H31N3O7.CH4/c1-34-20-11-15(12-21(35-2)24(20)36-3)23(31)26(33)29-17-9-6-10-18(29)25(32)28-14-22(30)27(13-19(17)28)16-7-4-5-8-16;/h11-13,16-18H,4-10,14H2,1-3H3;1H4. The maximum absolute atomic E-state index is 13.7. The summed E-state index contributed by atoms with van der Waals surface area (Å²) in [5.41, 5.74) is 0.719. The van der Waals surface area contributed by atoms with Crippen molar-refractivity contribution in [3.8, 4) is 17.2 Å². The van der Waals surface area contributed by atoms with Crippen LogP contribution in [0.2, 0.25) is 0 Å². The van der Waals surface area contributed by atoms with Gasteiger partial charge in [0, 0.05) is 17.8 Å². The molecule has 2 saturated heterocycles. The number of nitrogens with zero attached hydrogens (tertiary/aromatic N) is 3. The second kappa shape index (κ2) is 10.4. The zero-order chi connectivity index (χ0) is 25.6. The fraction of sp³-hybridized carbons (Fsp3) is 0.556. The first kappa shape index (κ1) is 26.5. The van der Waals surface area contributed by atoms with E-state index in [0.717, 1.165) is 32.1 Å². The summed E-state index contributed by atoms with van der Waals surface area (Å²) in [7, 11) is 4.32. The third-order valence-electron chi connectivity index (χ3n) is 7.76. The van der Waals surface area contributed by atoms with Crippen LogP contribution in [0.3, 0.4) is 0 Å². The Bertz CT molecular complexity index is 1120. The van der Waals surface area contributed by atoms with Crippen molar-refractivity contribution in [3.05, 3.63) is 29.6 Å². The van der Waals surface area contributed by atoms with Crippen molar-refractivity contribution in [2.24, 2.45) is 0 Å². The van der Waals surface area contributed by atoms with Crippen LogP contribution >= 0.6 is 0 Å². The lowest BCUT2D eigenvalue weighted by Gasteiger charge is -2.52. The van der Waals surface area contributed by atoms with E-state index < -0.39 is 23.8 Å². The highest BCUT2D eigenvalue weighted by atomic mass is 16.5. The second-order valence-corrected chi connectivity index (χ2v) is 9.64. The largest absolute Gasteiger partial charge is 0.493 e. The minimum Gasteiger partial charge on any atom is -0.493 e. The van der Waals surface area contributed by atoms with Crippen LogP contribution in [0.1, 0.15) is 62.7 Å². The SMILES string of the molecule is C.COc1cc(C(=O)C(=O)N2C3CCCC2C2=CN(C4CCCC4)C(=O)CN2C3=O)cc(OC)c1OC. The summed E-state index contributed by atoms with van der Waals surface area (Å²) in [5.74, 6) is -1.07. The number of amides is 3. The summed E-state index contributed by atoms with van der Waals surface area (Å²) >= 11 is 0. The smallest absolute Gasteiger partial charge is 0.296 e. The van der Waals surface area contributed by atoms with Crippen LogP contribution in [0.4, 0.5) is 0 Å². The van der Waals surface area contributed by atoms with Gasteiger partial charge in [0.05, 0.1) is 33.1 Å². The van der Waals surface area contributed by atoms with Crippen molar-refractivity contribution >= 4 is 23.5 Å². The number of carbonyl (C=O) groups excluding carboxylic acids is 4. The number of methoxy groups -OCH3 is 3. The van der Waals surface area contributed by atoms with Crippen molar-refractivity contribution in [1.29, 1.82) is 0 Å². The average molecular weight is 514 g/mol. The molecule has 200 valence electrons. The van der Waals surface area contributed by atoms with Gasteiger partial charge in [0.15, 0.2) is 11.5 Å². The molecule has 0 N–H and O–H groups in total. The Morgan fingerprint density at radius 1 is 0.865 bits per heavy atom. The van der Waals surface area contributed by atoms with Gasteiger partial charge in [-0.15, -0.1) is 0 Å². The molecule has 10 heteroatoms. The van der Waals surface area contributed by atoms with Gasteiger partial charge in [-0.05, 0) is 44.2 Å². The van der Waals surface area contributed by atoms with Gasteiger partial charge in [-0.25, -0.2) is 0 Å². The maximum Gasteiger partial charge on any atom is 0.296 e. The Morgan fingerprint density at radius 3 is 2.08 bits per heavy atom. The van der Waals surface area contributed by atoms with Gasteiger partial charge < -0.3 is 28.9 Å². The molecule has 37 heavy (non-hydrogen) atoms. The number of fused-ring (bicyclic) bond motifs is 4. The lowest BCUT2D eigenvalue weighted by Crippen LogP contribution is -2.67. The van der Waals surface area contributed by atoms with Gasteiger partial charge in [0.1, 0.15) is 12.6 Å². The molecule has 10 nitrogen and oxygen atoms in total. The van der Waals surface area contributed by atoms with Gasteiger partial charge in [0.25, 0.3) is 11.7 Å². The lowest BCUT2D eigenvalue weighted by atomic mass is 9.86. The Balaban J connectivity index is 0.00000320. The highest BCUT2D eigenvalue weighted by molar-refractivity contribution is 6.43. The fourth-order valence-electron chi connectivity index (χ4n) is 6.00. The molecule has 2 bridgehead atoms. The Labute approximate surface area is 217 Å². The number of benzene rings is 1. The molecular weight excluding hydrogens is 478 g/mol. The normalized spacial score (nSPS) is 23.2. The molecule has 1 aromatic carbocycles. The highest BCUT2D eigenvalue weighted by Gasteiger charge is 2.52. The Kier molecular flexibility index (Phi) is 7.47. The quantitative estimate of drug-likeness (QED) is 0.425. The predicted octanol–water partition coefficient (Wildman–Crippen LogP) is 2.75. The molecular formula is C27H35N3O7. The molecule has 0 radical (unpaired) electrons. The molecule has 2 atom stereocenters. The molecule has 1 aliphatic carbocycles. The molecule has 1 saturated carbocycles. The van der Waals surface area contributed by atoms with Gasteiger partial charge in [0.2, 0.25) is 17.6 Å². The first-order chi connectivity index (χ1) is 17.4. The van der Waals surface area contributed by atoms with Gasteiger partial charge in [-0.2, -0.15) is 0 Å². The molecule has 4 aliphatic rings. The third kappa shape index (κ3) is 4.32. The first-order valence-corrected chi connectivity index (χ1v) is 12.4. The number of hydrogen-bond donors (Lipinski definition) is 0. The van der Waals surface area contributed by atoms with Crippen LogP contribution in [0.15, 0.2) is 24.0 Å². The van der Waals surface area contributed by atoms with E-state index in [0.29, 0.717) is 24.3 Å². The monoisotopic (exact) mass is 513 g/mol. The summed E-state index contributed by atoms with van der Waals surface area (Å²) in [6, 6.07) is 1.78. The number of ketones is 1. The number of Topliss-reactive ketones (excluding diaryl/α,β-unsaturated/α-hetero) is 1. The number of ether oxygens (including phenoxy) is 3. The van der Waals surface area contributed by atoms with E-state index in [-0.39, 0.29) is 48.9 Å². The number of rotatable bonds is 6. The molecule has 3 aliphatic heterocycles. The van der Waals surface area contributed by atoms with Crippen molar-refractivity contribution in [3.63, 3.8) is 0 Å². The molecule has 1 aromatic rings. The summed E-state index contributed by atoms with van der Waals surface area (Å²) in [6.45, 7) is -0.0168. The fourth-order valence-corrected chi connectivity index (χ4v) is 6.00. The summed E-state index contributed by atoms with van der Waals surface area (Å²) in [4.78, 5) is 58.2. The zero-order valence-corrected chi connectivity index (χ0v) is 20.8. The van der Waals surface area contributed by atoms with E-state index in [1.165, 1.54) is 43.3 Å². The van der Waals surface area contributed by atoms with Crippen molar-refractivity contribution < 1.29 is 33.4 Å². The van der Waals surface area contributed by atoms with Gasteiger partial charge in [-0.1, -0.05) is 20.3 Å². The van der Waals surface area contributed by atoms with E-state index in [1.807, 2.05) is 0 Å². The van der Waals surface area contributed by atoms with Crippen LogP contribution in [-0.4, -0.2) is 84.2 Å². The van der Waals surface area contributed by atoms with Crippen LogP contribution in [0, 0.1) is 0 Å².